The van der Waals surface area contributed by atoms with Crippen molar-refractivity contribution >= 4 is 17.5 Å². The van der Waals surface area contributed by atoms with Crippen LogP contribution in [0.1, 0.15) is 38.1 Å². The number of nitrogens with zero attached hydrogens (tertiary/aromatic N) is 2. The first-order chi connectivity index (χ1) is 12.9. The molecular formula is C21H28ClN3O2. The summed E-state index contributed by atoms with van der Waals surface area (Å²) in [6.07, 6.45) is 2.70. The van der Waals surface area contributed by atoms with Crippen LogP contribution in [-0.2, 0) is 11.2 Å². The van der Waals surface area contributed by atoms with Gasteiger partial charge in [0.1, 0.15) is 5.76 Å². The normalized spacial score (nSPS) is 17.0. The van der Waals surface area contributed by atoms with Crippen molar-refractivity contribution in [3.05, 3.63) is 40.7 Å². The fourth-order valence-corrected chi connectivity index (χ4v) is 3.60. The molecule has 146 valence electrons. The van der Waals surface area contributed by atoms with Crippen LogP contribution in [0.25, 0.3) is 11.5 Å². The number of halogens is 1. The molecule has 0 spiro atoms. The first kappa shape index (κ1) is 19.9. The average Bonchev–Trinajstić information content (AvgIpc) is 3.01. The first-order valence-corrected chi connectivity index (χ1v) is 10.0. The van der Waals surface area contributed by atoms with Crippen molar-refractivity contribution in [2.24, 2.45) is 5.92 Å². The van der Waals surface area contributed by atoms with Crippen LogP contribution in [0.2, 0.25) is 5.02 Å². The summed E-state index contributed by atoms with van der Waals surface area (Å²) in [5.41, 5.74) is 1.48. The molecule has 1 saturated heterocycles. The van der Waals surface area contributed by atoms with Gasteiger partial charge >= 0.3 is 0 Å². The quantitative estimate of drug-likeness (QED) is 0.808. The minimum atomic E-state index is -0.0266. The van der Waals surface area contributed by atoms with Crippen molar-refractivity contribution in [1.29, 1.82) is 0 Å². The lowest BCUT2D eigenvalue weighted by Gasteiger charge is -2.35. The number of carbonyl (C=O) groups is 1. The van der Waals surface area contributed by atoms with Gasteiger partial charge in [-0.3, -0.25) is 9.69 Å². The van der Waals surface area contributed by atoms with Gasteiger partial charge in [-0.15, -0.1) is 0 Å². The lowest BCUT2D eigenvalue weighted by Crippen LogP contribution is -2.45. The Morgan fingerprint density at radius 1 is 1.41 bits per heavy atom. The number of amides is 1. The molecule has 0 aliphatic carbocycles. The predicted octanol–water partition coefficient (Wildman–Crippen LogP) is 4.08. The Bertz CT molecular complexity index is 781. The minimum Gasteiger partial charge on any atom is -0.441 e. The molecule has 1 aliphatic heterocycles. The molecule has 27 heavy (non-hydrogen) atoms. The summed E-state index contributed by atoms with van der Waals surface area (Å²) in [4.78, 5) is 19.3. The Hall–Kier alpha value is -1.85. The van der Waals surface area contributed by atoms with Crippen molar-refractivity contribution in [1.82, 2.24) is 15.2 Å². The van der Waals surface area contributed by atoms with E-state index in [1.54, 1.807) is 12.1 Å². The monoisotopic (exact) mass is 389 g/mol. The number of rotatable bonds is 6. The van der Waals surface area contributed by atoms with Gasteiger partial charge in [-0.05, 0) is 63.9 Å². The van der Waals surface area contributed by atoms with E-state index in [-0.39, 0.29) is 12.3 Å². The molecule has 2 aromatic rings. The summed E-state index contributed by atoms with van der Waals surface area (Å²) in [6, 6.07) is 7.70. The summed E-state index contributed by atoms with van der Waals surface area (Å²) in [6.45, 7) is 9.20. The van der Waals surface area contributed by atoms with Crippen LogP contribution < -0.4 is 5.32 Å². The highest BCUT2D eigenvalue weighted by Gasteiger charge is 2.21. The number of nitrogens with one attached hydrogen (secondary N) is 1. The topological polar surface area (TPSA) is 58.4 Å². The van der Waals surface area contributed by atoms with Gasteiger partial charge in [-0.2, -0.15) is 0 Å². The maximum absolute atomic E-state index is 12.4. The molecule has 2 heterocycles. The van der Waals surface area contributed by atoms with Gasteiger partial charge in [0.25, 0.3) is 0 Å². The summed E-state index contributed by atoms with van der Waals surface area (Å²) < 4.78 is 5.73. The van der Waals surface area contributed by atoms with Gasteiger partial charge in [0.05, 0.1) is 12.1 Å². The van der Waals surface area contributed by atoms with Gasteiger partial charge in [0.2, 0.25) is 11.8 Å². The molecule has 1 aromatic heterocycles. The Kier molecular flexibility index (Phi) is 6.55. The van der Waals surface area contributed by atoms with E-state index in [0.29, 0.717) is 35.0 Å². The smallest absolute Gasteiger partial charge is 0.226 e. The fourth-order valence-electron chi connectivity index (χ4n) is 3.41. The lowest BCUT2D eigenvalue weighted by molar-refractivity contribution is -0.120. The highest BCUT2D eigenvalue weighted by atomic mass is 35.5. The molecule has 1 fully saturated rings. The highest BCUT2D eigenvalue weighted by molar-refractivity contribution is 6.30. The Labute approximate surface area is 166 Å². The lowest BCUT2D eigenvalue weighted by atomic mass is 9.98. The van der Waals surface area contributed by atoms with Crippen LogP contribution in [0.5, 0.6) is 0 Å². The summed E-state index contributed by atoms with van der Waals surface area (Å²) in [5.74, 6) is 1.94. The summed E-state index contributed by atoms with van der Waals surface area (Å²) >= 11 is 6.03. The number of hydrogen-bond donors (Lipinski definition) is 1. The van der Waals surface area contributed by atoms with Crippen molar-refractivity contribution in [2.75, 3.05) is 19.6 Å². The zero-order chi connectivity index (χ0) is 19.4. The van der Waals surface area contributed by atoms with Crippen LogP contribution >= 0.6 is 11.6 Å². The molecule has 3 rings (SSSR count). The zero-order valence-corrected chi connectivity index (χ0v) is 17.1. The van der Waals surface area contributed by atoms with E-state index >= 15 is 0 Å². The second-order valence-corrected chi connectivity index (χ2v) is 8.02. The minimum absolute atomic E-state index is 0.0266. The standard InChI is InChI=1S/C21H28ClN3O2/c1-14-7-9-25(10-8-14)15(2)13-23-20(26)12-19-16(3)27-21(24-19)17-5-4-6-18(22)11-17/h4-6,11,14-15H,7-10,12-13H2,1-3H3,(H,23,26). The molecule has 1 aliphatic rings. The molecule has 1 aromatic carbocycles. The van der Waals surface area contributed by atoms with E-state index < -0.39 is 0 Å². The van der Waals surface area contributed by atoms with Gasteiger partial charge < -0.3 is 9.73 Å². The van der Waals surface area contributed by atoms with Crippen molar-refractivity contribution in [3.8, 4) is 11.5 Å². The molecule has 1 N–H and O–H groups in total. The van der Waals surface area contributed by atoms with Crippen LogP contribution in [0.3, 0.4) is 0 Å². The van der Waals surface area contributed by atoms with E-state index in [1.165, 1.54) is 12.8 Å². The Balaban J connectivity index is 1.53. The number of likely N-dealkylation sites (tertiary alicyclic amines) is 1. The van der Waals surface area contributed by atoms with E-state index in [0.717, 1.165) is 24.6 Å². The van der Waals surface area contributed by atoms with Crippen LogP contribution in [-0.4, -0.2) is 41.5 Å². The first-order valence-electron chi connectivity index (χ1n) is 9.65. The molecule has 1 amide bonds. The molecule has 0 saturated carbocycles. The third kappa shape index (κ3) is 5.33. The van der Waals surface area contributed by atoms with E-state index in [2.05, 4.69) is 29.0 Å². The molecule has 5 nitrogen and oxygen atoms in total. The van der Waals surface area contributed by atoms with Crippen LogP contribution in [0, 0.1) is 12.8 Å². The maximum Gasteiger partial charge on any atom is 0.226 e. The number of aryl methyl sites for hydroxylation is 1. The number of benzene rings is 1. The third-order valence-electron chi connectivity index (χ3n) is 5.33. The summed E-state index contributed by atoms with van der Waals surface area (Å²) in [7, 11) is 0. The van der Waals surface area contributed by atoms with E-state index in [4.69, 9.17) is 16.0 Å². The maximum atomic E-state index is 12.4. The second kappa shape index (κ2) is 8.89. The molecule has 1 unspecified atom stereocenters. The molecule has 0 radical (unpaired) electrons. The second-order valence-electron chi connectivity index (χ2n) is 7.58. The van der Waals surface area contributed by atoms with Gasteiger partial charge in [0, 0.05) is 23.2 Å². The number of oxazole rings is 1. The van der Waals surface area contributed by atoms with Crippen molar-refractivity contribution < 1.29 is 9.21 Å². The largest absolute Gasteiger partial charge is 0.441 e. The van der Waals surface area contributed by atoms with Gasteiger partial charge in [-0.1, -0.05) is 24.6 Å². The van der Waals surface area contributed by atoms with Crippen LogP contribution in [0.15, 0.2) is 28.7 Å². The fraction of sp³-hybridized carbons (Fsp3) is 0.524. The number of aromatic nitrogens is 1. The molecule has 6 heteroatoms. The van der Waals surface area contributed by atoms with Crippen molar-refractivity contribution in [3.63, 3.8) is 0 Å². The zero-order valence-electron chi connectivity index (χ0n) is 16.3. The number of piperidine rings is 1. The molecule has 0 bridgehead atoms. The van der Waals surface area contributed by atoms with E-state index in [9.17, 15) is 4.79 Å². The Morgan fingerprint density at radius 2 is 2.15 bits per heavy atom. The molecular weight excluding hydrogens is 362 g/mol. The summed E-state index contributed by atoms with van der Waals surface area (Å²) in [5, 5.41) is 3.67. The van der Waals surface area contributed by atoms with Gasteiger partial charge in [0.15, 0.2) is 0 Å². The SMILES string of the molecule is Cc1oc(-c2cccc(Cl)c2)nc1CC(=O)NCC(C)N1CCC(C)CC1. The van der Waals surface area contributed by atoms with Gasteiger partial charge in [-0.25, -0.2) is 4.98 Å². The van der Waals surface area contributed by atoms with Crippen molar-refractivity contribution in [2.45, 2.75) is 46.1 Å². The number of carbonyl (C=O) groups excluding carboxylic acids is 1. The predicted molar refractivity (Wildman–Crippen MR) is 108 cm³/mol. The third-order valence-corrected chi connectivity index (χ3v) is 5.56. The van der Waals surface area contributed by atoms with Crippen LogP contribution in [0.4, 0.5) is 0 Å². The Morgan fingerprint density at radius 3 is 2.85 bits per heavy atom. The number of hydrogen-bond acceptors (Lipinski definition) is 4. The highest BCUT2D eigenvalue weighted by Crippen LogP contribution is 2.24. The van der Waals surface area contributed by atoms with E-state index in [1.807, 2.05) is 19.1 Å². The molecule has 1 atom stereocenters. The average molecular weight is 390 g/mol.